The SMILES string of the molecule is O=C(CCCCCCCCCCCCCCCS)NCCOCCOCCOCCNC(=O)CCCC[C@@H]1SC[C@@H]2NC(=O)N[C@@H]21. The van der Waals surface area contributed by atoms with Gasteiger partial charge in [0.05, 0.1) is 51.7 Å². The van der Waals surface area contributed by atoms with Crippen LogP contribution in [0, 0.1) is 0 Å². The Labute approximate surface area is 288 Å². The molecule has 0 bridgehead atoms. The zero-order valence-corrected chi connectivity index (χ0v) is 30.0. The van der Waals surface area contributed by atoms with Crippen molar-refractivity contribution in [2.24, 2.45) is 0 Å². The van der Waals surface area contributed by atoms with Gasteiger partial charge in [-0.1, -0.05) is 77.0 Å². The molecule has 0 saturated carbocycles. The van der Waals surface area contributed by atoms with Gasteiger partial charge in [0.2, 0.25) is 11.8 Å². The largest absolute Gasteiger partial charge is 0.377 e. The van der Waals surface area contributed by atoms with Crippen molar-refractivity contribution in [3.8, 4) is 0 Å². The summed E-state index contributed by atoms with van der Waals surface area (Å²) >= 11 is 6.17. The number of urea groups is 1. The molecule has 4 N–H and O–H groups in total. The number of fused-ring (bicyclic) bond motifs is 1. The van der Waals surface area contributed by atoms with Crippen molar-refractivity contribution < 1.29 is 28.6 Å². The monoisotopic (exact) mass is 688 g/mol. The first-order chi connectivity index (χ1) is 22.6. The smallest absolute Gasteiger partial charge is 0.315 e. The number of hydrogen-bond donors (Lipinski definition) is 5. The summed E-state index contributed by atoms with van der Waals surface area (Å²) in [5.41, 5.74) is 0. The Bertz CT molecular complexity index is 797. The quantitative estimate of drug-likeness (QED) is 0.0365. The molecule has 2 aliphatic rings. The third kappa shape index (κ3) is 21.6. The van der Waals surface area contributed by atoms with Gasteiger partial charge < -0.3 is 35.5 Å². The predicted molar refractivity (Wildman–Crippen MR) is 191 cm³/mol. The van der Waals surface area contributed by atoms with Crippen LogP contribution in [-0.4, -0.2) is 99.4 Å². The van der Waals surface area contributed by atoms with Crippen LogP contribution in [0.15, 0.2) is 0 Å². The minimum Gasteiger partial charge on any atom is -0.377 e. The van der Waals surface area contributed by atoms with Crippen molar-refractivity contribution in [2.75, 3.05) is 64.2 Å². The summed E-state index contributed by atoms with van der Waals surface area (Å²) in [6, 6.07) is 0.425. The molecule has 10 nitrogen and oxygen atoms in total. The molecule has 2 fully saturated rings. The summed E-state index contributed by atoms with van der Waals surface area (Å²) in [6.07, 6.45) is 20.7. The lowest BCUT2D eigenvalue weighted by molar-refractivity contribution is -0.122. The highest BCUT2D eigenvalue weighted by molar-refractivity contribution is 8.00. The van der Waals surface area contributed by atoms with E-state index in [0.717, 1.165) is 43.6 Å². The van der Waals surface area contributed by atoms with Crippen LogP contribution < -0.4 is 21.3 Å². The van der Waals surface area contributed by atoms with Crippen LogP contribution in [0.2, 0.25) is 0 Å². The van der Waals surface area contributed by atoms with Gasteiger partial charge in [-0.25, -0.2) is 4.79 Å². The molecule has 0 aromatic heterocycles. The lowest BCUT2D eigenvalue weighted by Crippen LogP contribution is -2.36. The van der Waals surface area contributed by atoms with E-state index in [1.807, 2.05) is 11.8 Å². The molecule has 4 amide bonds. The molecule has 268 valence electrons. The second kappa shape index (κ2) is 28.8. The topological polar surface area (TPSA) is 127 Å². The first-order valence-electron chi connectivity index (χ1n) is 18.2. The number of unbranched alkanes of at least 4 members (excludes halogenated alkanes) is 13. The zero-order valence-electron chi connectivity index (χ0n) is 28.3. The van der Waals surface area contributed by atoms with Gasteiger partial charge >= 0.3 is 6.03 Å². The van der Waals surface area contributed by atoms with Crippen LogP contribution in [-0.2, 0) is 23.8 Å². The number of thioether (sulfide) groups is 1. The minimum atomic E-state index is -0.0554. The van der Waals surface area contributed by atoms with E-state index in [-0.39, 0.29) is 29.9 Å². The number of rotatable bonds is 32. The lowest BCUT2D eigenvalue weighted by Gasteiger charge is -2.16. The summed E-state index contributed by atoms with van der Waals surface area (Å²) in [4.78, 5) is 35.5. The number of ether oxygens (including phenoxy) is 3. The molecule has 0 aromatic rings. The number of hydrogen-bond acceptors (Lipinski definition) is 8. The summed E-state index contributed by atoms with van der Waals surface area (Å²) in [5.74, 6) is 2.15. The van der Waals surface area contributed by atoms with Crippen molar-refractivity contribution in [1.82, 2.24) is 21.3 Å². The van der Waals surface area contributed by atoms with E-state index < -0.39 is 0 Å². The van der Waals surface area contributed by atoms with Crippen molar-refractivity contribution in [3.63, 3.8) is 0 Å². The summed E-state index contributed by atoms with van der Waals surface area (Å²) in [6.45, 7) is 3.86. The maximum atomic E-state index is 12.0. The maximum absolute atomic E-state index is 12.0. The fourth-order valence-electron chi connectivity index (χ4n) is 5.86. The highest BCUT2D eigenvalue weighted by atomic mass is 32.2. The molecule has 0 radical (unpaired) electrons. The molecule has 3 atom stereocenters. The average molecular weight is 689 g/mol. The summed E-state index contributed by atoms with van der Waals surface area (Å²) < 4.78 is 16.5. The van der Waals surface area contributed by atoms with Crippen LogP contribution in [0.4, 0.5) is 4.79 Å². The van der Waals surface area contributed by atoms with Crippen LogP contribution in [0.1, 0.15) is 116 Å². The number of carbonyl (C=O) groups is 3. The fraction of sp³-hybridized carbons (Fsp3) is 0.912. The van der Waals surface area contributed by atoms with E-state index in [1.165, 1.54) is 70.6 Å². The number of amides is 4. The summed E-state index contributed by atoms with van der Waals surface area (Å²) in [5, 5.41) is 12.2. The lowest BCUT2D eigenvalue weighted by atomic mass is 10.0. The maximum Gasteiger partial charge on any atom is 0.315 e. The molecular weight excluding hydrogens is 625 g/mol. The molecule has 0 aliphatic carbocycles. The first-order valence-corrected chi connectivity index (χ1v) is 19.8. The van der Waals surface area contributed by atoms with E-state index in [2.05, 4.69) is 33.9 Å². The Morgan fingerprint density at radius 1 is 0.652 bits per heavy atom. The van der Waals surface area contributed by atoms with Crippen LogP contribution in [0.25, 0.3) is 0 Å². The highest BCUT2D eigenvalue weighted by Crippen LogP contribution is 2.33. The molecule has 0 unspecified atom stereocenters. The predicted octanol–water partition coefficient (Wildman–Crippen LogP) is 5.39. The fourth-order valence-corrected chi connectivity index (χ4v) is 7.63. The number of thiol groups is 1. The van der Waals surface area contributed by atoms with Gasteiger partial charge in [-0.3, -0.25) is 9.59 Å². The van der Waals surface area contributed by atoms with Gasteiger partial charge in [0.1, 0.15) is 0 Å². The van der Waals surface area contributed by atoms with Crippen LogP contribution in [0.3, 0.4) is 0 Å². The Morgan fingerprint density at radius 2 is 1.11 bits per heavy atom. The zero-order chi connectivity index (χ0) is 32.9. The van der Waals surface area contributed by atoms with Crippen molar-refractivity contribution in [1.29, 1.82) is 0 Å². The van der Waals surface area contributed by atoms with E-state index in [4.69, 9.17) is 14.2 Å². The van der Waals surface area contributed by atoms with Gasteiger partial charge in [-0.05, 0) is 31.4 Å². The van der Waals surface area contributed by atoms with Gasteiger partial charge in [-0.15, -0.1) is 0 Å². The third-order valence-electron chi connectivity index (χ3n) is 8.52. The molecular formula is C34H64N4O6S2. The molecule has 2 aliphatic heterocycles. The molecule has 2 saturated heterocycles. The Kier molecular flexibility index (Phi) is 25.6. The second-order valence-electron chi connectivity index (χ2n) is 12.5. The number of carbonyl (C=O) groups excluding carboxylic acids is 3. The Hall–Kier alpha value is -1.21. The molecule has 2 heterocycles. The number of nitrogens with one attached hydrogen (secondary N) is 4. The van der Waals surface area contributed by atoms with Crippen LogP contribution >= 0.6 is 24.4 Å². The summed E-state index contributed by atoms with van der Waals surface area (Å²) in [7, 11) is 0. The minimum absolute atomic E-state index is 0.0504. The molecule has 12 heteroatoms. The normalized spacial score (nSPS) is 18.7. The van der Waals surface area contributed by atoms with E-state index in [9.17, 15) is 14.4 Å². The van der Waals surface area contributed by atoms with E-state index in [0.29, 0.717) is 70.8 Å². The van der Waals surface area contributed by atoms with Gasteiger partial charge in [-0.2, -0.15) is 24.4 Å². The van der Waals surface area contributed by atoms with E-state index >= 15 is 0 Å². The standard InChI is InChI=1S/C34H64N4O6S2/c39-31(17-12-10-8-6-4-2-1-3-5-7-9-11-15-27-45)35-19-21-42-23-25-44-26-24-43-22-20-36-32(40)18-14-13-16-30-33-29(28-46-30)37-34(41)38-33/h29-30,33,45H,1-28H2,(H,35,39)(H,36,40)(H2,37,38,41)/t29-,30-,33-/m0/s1. The van der Waals surface area contributed by atoms with E-state index in [1.54, 1.807) is 0 Å². The molecule has 0 aromatic carbocycles. The van der Waals surface area contributed by atoms with Crippen molar-refractivity contribution in [3.05, 3.63) is 0 Å². The average Bonchev–Trinajstić information content (AvgIpc) is 3.60. The van der Waals surface area contributed by atoms with Crippen molar-refractivity contribution >= 4 is 42.2 Å². The van der Waals surface area contributed by atoms with Gasteiger partial charge in [0.15, 0.2) is 0 Å². The third-order valence-corrected chi connectivity index (χ3v) is 10.3. The first kappa shape index (κ1) is 41.0. The highest BCUT2D eigenvalue weighted by Gasteiger charge is 2.42. The Balaban J connectivity index is 1.21. The molecule has 0 spiro atoms. The van der Waals surface area contributed by atoms with Gasteiger partial charge in [0.25, 0.3) is 0 Å². The second-order valence-corrected chi connectivity index (χ2v) is 14.2. The van der Waals surface area contributed by atoms with Crippen molar-refractivity contribution in [2.45, 2.75) is 133 Å². The molecule has 2 rings (SSSR count). The molecule has 46 heavy (non-hydrogen) atoms. The van der Waals surface area contributed by atoms with Gasteiger partial charge in [0, 0.05) is 36.9 Å². The van der Waals surface area contributed by atoms with Crippen LogP contribution in [0.5, 0.6) is 0 Å². The Morgan fingerprint density at radius 3 is 1.63 bits per heavy atom.